The summed E-state index contributed by atoms with van der Waals surface area (Å²) < 4.78 is 1.67. The van der Waals surface area contributed by atoms with Crippen molar-refractivity contribution in [1.29, 1.82) is 0 Å². The van der Waals surface area contributed by atoms with Crippen LogP contribution >= 0.6 is 11.8 Å². The van der Waals surface area contributed by atoms with Crippen LogP contribution in [-0.2, 0) is 11.8 Å². The lowest BCUT2D eigenvalue weighted by atomic mass is 10.1. The van der Waals surface area contributed by atoms with Crippen LogP contribution in [0.1, 0.15) is 23.0 Å². The van der Waals surface area contributed by atoms with Crippen LogP contribution in [0.4, 0.5) is 5.69 Å². The third kappa shape index (κ3) is 4.93. The lowest BCUT2D eigenvalue weighted by molar-refractivity contribution is -0.118. The van der Waals surface area contributed by atoms with Gasteiger partial charge in [-0.1, -0.05) is 0 Å². The fraction of sp³-hybridized carbons (Fsp3) is 0.263. The van der Waals surface area contributed by atoms with Crippen molar-refractivity contribution in [2.24, 2.45) is 7.05 Å². The van der Waals surface area contributed by atoms with E-state index < -0.39 is 6.04 Å². The molecular formula is C19H22N6OS. The second kappa shape index (κ2) is 8.32. The fourth-order valence-electron chi connectivity index (χ4n) is 2.70. The molecule has 2 N–H and O–H groups in total. The number of nitrogens with zero attached hydrogens (tertiary/aromatic N) is 4. The molecule has 0 bridgehead atoms. The molecule has 0 saturated heterocycles. The van der Waals surface area contributed by atoms with Gasteiger partial charge in [-0.15, -0.1) is 0 Å². The Morgan fingerprint density at radius 1 is 1.15 bits per heavy atom. The topological polar surface area (TPSA) is 84.7 Å². The molecule has 27 heavy (non-hydrogen) atoms. The molecule has 1 amide bonds. The van der Waals surface area contributed by atoms with Crippen molar-refractivity contribution in [1.82, 2.24) is 25.1 Å². The highest BCUT2D eigenvalue weighted by atomic mass is 32.2. The maximum absolute atomic E-state index is 12.6. The molecule has 3 aromatic rings. The number of rotatable bonds is 6. The lowest BCUT2D eigenvalue weighted by Crippen LogP contribution is -2.30. The average Bonchev–Trinajstić information content (AvgIpc) is 3.02. The van der Waals surface area contributed by atoms with E-state index in [0.29, 0.717) is 0 Å². The summed E-state index contributed by atoms with van der Waals surface area (Å²) in [5.41, 5.74) is 3.44. The Morgan fingerprint density at radius 3 is 2.37 bits per heavy atom. The van der Waals surface area contributed by atoms with Gasteiger partial charge in [0.25, 0.3) is 0 Å². The molecule has 0 aliphatic heterocycles. The number of carbonyl (C=O) groups excluding carboxylic acids is 1. The number of nitrogens with one attached hydrogen (secondary N) is 2. The molecule has 0 radical (unpaired) electrons. The van der Waals surface area contributed by atoms with Crippen molar-refractivity contribution in [3.63, 3.8) is 0 Å². The van der Waals surface area contributed by atoms with Crippen molar-refractivity contribution in [3.8, 4) is 0 Å². The summed E-state index contributed by atoms with van der Waals surface area (Å²) in [6, 6.07) is 9.12. The van der Waals surface area contributed by atoms with Crippen LogP contribution in [0.3, 0.4) is 0 Å². The maximum atomic E-state index is 12.6. The minimum Gasteiger partial charge on any atom is -0.324 e. The Bertz CT molecular complexity index is 917. The average molecular weight is 382 g/mol. The summed E-state index contributed by atoms with van der Waals surface area (Å²) in [7, 11) is 3.57. The first-order valence-corrected chi connectivity index (χ1v) is 9.33. The number of hydrogen-bond acceptors (Lipinski definition) is 6. The van der Waals surface area contributed by atoms with Crippen LogP contribution in [0.2, 0.25) is 0 Å². The Morgan fingerprint density at radius 2 is 1.81 bits per heavy atom. The van der Waals surface area contributed by atoms with Gasteiger partial charge in [-0.3, -0.25) is 9.48 Å². The van der Waals surface area contributed by atoms with Gasteiger partial charge in [-0.2, -0.15) is 5.10 Å². The molecular weight excluding hydrogens is 360 g/mol. The van der Waals surface area contributed by atoms with Crippen LogP contribution in [0.5, 0.6) is 0 Å². The van der Waals surface area contributed by atoms with Gasteiger partial charge < -0.3 is 10.6 Å². The normalized spacial score (nSPS) is 12.0. The standard InChI is InChI=1S/C19H22N6OS/c1-12-9-13(2)23-19(22-12)27-16-7-5-15(6-8-16)24-18(26)17(20-3)14-10-21-25(4)11-14/h5-11,17,20H,1-4H3,(H,24,26). The summed E-state index contributed by atoms with van der Waals surface area (Å²) in [6.45, 7) is 3.91. The van der Waals surface area contributed by atoms with Gasteiger partial charge >= 0.3 is 0 Å². The molecule has 2 aromatic heterocycles. The van der Waals surface area contributed by atoms with E-state index >= 15 is 0 Å². The summed E-state index contributed by atoms with van der Waals surface area (Å²) in [4.78, 5) is 22.4. The third-order valence-electron chi connectivity index (χ3n) is 3.90. The minimum atomic E-state index is -0.462. The summed E-state index contributed by atoms with van der Waals surface area (Å²) in [6.07, 6.45) is 3.51. The van der Waals surface area contributed by atoms with Crippen molar-refractivity contribution >= 4 is 23.4 Å². The van der Waals surface area contributed by atoms with Crippen LogP contribution in [0.15, 0.2) is 52.8 Å². The molecule has 0 fully saturated rings. The first-order chi connectivity index (χ1) is 12.9. The number of anilines is 1. The highest BCUT2D eigenvalue weighted by Gasteiger charge is 2.20. The monoisotopic (exact) mass is 382 g/mol. The Balaban J connectivity index is 1.67. The Hall–Kier alpha value is -2.71. The minimum absolute atomic E-state index is 0.136. The molecule has 2 heterocycles. The number of benzene rings is 1. The van der Waals surface area contributed by atoms with Gasteiger partial charge in [0.15, 0.2) is 5.16 Å². The number of aromatic nitrogens is 4. The van der Waals surface area contributed by atoms with E-state index in [1.807, 2.05) is 57.4 Å². The molecule has 7 nitrogen and oxygen atoms in total. The Kier molecular flexibility index (Phi) is 5.88. The zero-order valence-electron chi connectivity index (χ0n) is 15.7. The van der Waals surface area contributed by atoms with Crippen molar-refractivity contribution in [3.05, 3.63) is 59.7 Å². The van der Waals surface area contributed by atoms with Gasteiger partial charge in [-0.05, 0) is 63.0 Å². The van der Waals surface area contributed by atoms with Gasteiger partial charge in [0.1, 0.15) is 6.04 Å². The Labute approximate surface area is 162 Å². The highest BCUT2D eigenvalue weighted by molar-refractivity contribution is 7.99. The highest BCUT2D eigenvalue weighted by Crippen LogP contribution is 2.26. The van der Waals surface area contributed by atoms with E-state index in [9.17, 15) is 4.79 Å². The molecule has 1 atom stereocenters. The summed E-state index contributed by atoms with van der Waals surface area (Å²) in [5.74, 6) is -0.136. The van der Waals surface area contributed by atoms with E-state index in [1.165, 1.54) is 11.8 Å². The van der Waals surface area contributed by atoms with Crippen molar-refractivity contribution in [2.75, 3.05) is 12.4 Å². The van der Waals surface area contributed by atoms with E-state index in [2.05, 4.69) is 25.7 Å². The molecule has 1 aromatic carbocycles. The first kappa shape index (κ1) is 19.1. The number of hydrogen-bond donors (Lipinski definition) is 2. The smallest absolute Gasteiger partial charge is 0.246 e. The molecule has 1 unspecified atom stereocenters. The van der Waals surface area contributed by atoms with E-state index in [1.54, 1.807) is 17.9 Å². The third-order valence-corrected chi connectivity index (χ3v) is 4.77. The zero-order valence-corrected chi connectivity index (χ0v) is 16.5. The number of aryl methyl sites for hydroxylation is 3. The second-order valence-corrected chi connectivity index (χ2v) is 7.26. The summed E-state index contributed by atoms with van der Waals surface area (Å²) in [5, 5.41) is 10.8. The molecule has 140 valence electrons. The quantitative estimate of drug-likeness (QED) is 0.638. The first-order valence-electron chi connectivity index (χ1n) is 8.51. The number of likely N-dealkylation sites (N-methyl/N-ethyl adjacent to an activating group) is 1. The van der Waals surface area contributed by atoms with Crippen molar-refractivity contribution in [2.45, 2.75) is 29.9 Å². The number of amides is 1. The molecule has 0 aliphatic rings. The van der Waals surface area contributed by atoms with Gasteiger partial charge in [0.05, 0.1) is 6.20 Å². The van der Waals surface area contributed by atoms with Gasteiger partial charge in [-0.25, -0.2) is 9.97 Å². The second-order valence-electron chi connectivity index (χ2n) is 6.22. The van der Waals surface area contributed by atoms with Gasteiger partial charge in [0, 0.05) is 40.8 Å². The lowest BCUT2D eigenvalue weighted by Gasteiger charge is -2.14. The summed E-state index contributed by atoms with van der Waals surface area (Å²) >= 11 is 1.50. The maximum Gasteiger partial charge on any atom is 0.246 e. The van der Waals surface area contributed by atoms with Crippen LogP contribution < -0.4 is 10.6 Å². The molecule has 0 saturated carbocycles. The molecule has 8 heteroatoms. The largest absolute Gasteiger partial charge is 0.324 e. The van der Waals surface area contributed by atoms with E-state index in [-0.39, 0.29) is 5.91 Å². The van der Waals surface area contributed by atoms with Crippen LogP contribution in [0, 0.1) is 13.8 Å². The van der Waals surface area contributed by atoms with E-state index in [0.717, 1.165) is 32.7 Å². The SMILES string of the molecule is CNC(C(=O)Nc1ccc(Sc2nc(C)cc(C)n2)cc1)c1cnn(C)c1. The molecule has 0 aliphatic carbocycles. The van der Waals surface area contributed by atoms with Crippen LogP contribution in [0.25, 0.3) is 0 Å². The van der Waals surface area contributed by atoms with E-state index in [4.69, 9.17) is 0 Å². The molecule has 0 spiro atoms. The van der Waals surface area contributed by atoms with Gasteiger partial charge in [0.2, 0.25) is 5.91 Å². The fourth-order valence-corrected chi connectivity index (χ4v) is 3.57. The number of carbonyl (C=O) groups is 1. The molecule has 3 rings (SSSR count). The predicted octanol–water partition coefficient (Wildman–Crippen LogP) is 2.88. The van der Waals surface area contributed by atoms with Crippen LogP contribution in [-0.4, -0.2) is 32.7 Å². The zero-order chi connectivity index (χ0) is 19.4. The van der Waals surface area contributed by atoms with Crippen molar-refractivity contribution < 1.29 is 4.79 Å². The predicted molar refractivity (Wildman–Crippen MR) is 106 cm³/mol.